The Morgan fingerprint density at radius 1 is 1.26 bits per heavy atom. The Balaban J connectivity index is 2.42. The van der Waals surface area contributed by atoms with Gasteiger partial charge in [-0.15, -0.1) is 0 Å². The molecule has 1 rings (SSSR count). The molecule has 0 bridgehead atoms. The predicted octanol–water partition coefficient (Wildman–Crippen LogP) is 2.35. The van der Waals surface area contributed by atoms with Crippen molar-refractivity contribution in [2.75, 3.05) is 13.1 Å². The van der Waals surface area contributed by atoms with E-state index in [0.717, 1.165) is 24.9 Å². The van der Waals surface area contributed by atoms with E-state index in [4.69, 9.17) is 0 Å². The van der Waals surface area contributed by atoms with Crippen LogP contribution in [0.2, 0.25) is 0 Å². The number of phenolic OH excluding ortho intramolecular Hbond substituents is 1. The molecule has 4 nitrogen and oxygen atoms in total. The molecule has 3 N–H and O–H groups in total. The van der Waals surface area contributed by atoms with Gasteiger partial charge in [0.1, 0.15) is 5.75 Å². The van der Waals surface area contributed by atoms with Crippen LogP contribution in [0.5, 0.6) is 5.75 Å². The van der Waals surface area contributed by atoms with Crippen LogP contribution in [0, 0.1) is 0 Å². The highest BCUT2D eigenvalue weighted by Crippen LogP contribution is 2.25. The maximum absolute atomic E-state index is 11.5. The summed E-state index contributed by atoms with van der Waals surface area (Å²) >= 11 is 0. The molecule has 0 aliphatic carbocycles. The summed E-state index contributed by atoms with van der Waals surface area (Å²) in [5.74, 6) is 0.374. The molecule has 0 aromatic heterocycles. The van der Waals surface area contributed by atoms with Gasteiger partial charge in [0.25, 0.3) is 0 Å². The van der Waals surface area contributed by atoms with E-state index in [1.165, 1.54) is 0 Å². The summed E-state index contributed by atoms with van der Waals surface area (Å²) in [5, 5.41) is 16.0. The average molecular weight is 264 g/mol. The van der Waals surface area contributed by atoms with Crippen LogP contribution in [0.3, 0.4) is 0 Å². The first kappa shape index (κ1) is 15.5. The average Bonchev–Trinajstić information content (AvgIpc) is 2.42. The fraction of sp³-hybridized carbons (Fsp3) is 0.533. The van der Waals surface area contributed by atoms with Gasteiger partial charge in [-0.2, -0.15) is 0 Å². The van der Waals surface area contributed by atoms with Gasteiger partial charge in [-0.25, -0.2) is 0 Å². The predicted molar refractivity (Wildman–Crippen MR) is 77.1 cm³/mol. The number of aromatic hydroxyl groups is 1. The number of carbonyl (C=O) groups is 1. The van der Waals surface area contributed by atoms with Gasteiger partial charge in [0.05, 0.1) is 0 Å². The van der Waals surface area contributed by atoms with E-state index in [2.05, 4.69) is 17.6 Å². The molecule has 1 unspecified atom stereocenters. The van der Waals surface area contributed by atoms with E-state index in [1.54, 1.807) is 6.07 Å². The molecule has 0 saturated heterocycles. The van der Waals surface area contributed by atoms with Crippen molar-refractivity contribution in [3.05, 3.63) is 29.8 Å². The van der Waals surface area contributed by atoms with Gasteiger partial charge in [-0.1, -0.05) is 32.0 Å². The van der Waals surface area contributed by atoms with E-state index in [1.807, 2.05) is 25.1 Å². The second kappa shape index (κ2) is 8.53. The standard InChI is InChI=1S/C15H24N2O2/c1-3-10-17-15(19)9-11-16-13(4-2)12-7-5-6-8-14(12)18/h5-8,13,16,18H,3-4,9-11H2,1-2H3,(H,17,19). The van der Waals surface area contributed by atoms with Crippen LogP contribution in [-0.4, -0.2) is 24.1 Å². The highest BCUT2D eigenvalue weighted by atomic mass is 16.3. The number of carbonyl (C=O) groups excluding carboxylic acids is 1. The zero-order chi connectivity index (χ0) is 14.1. The SMILES string of the molecule is CCCNC(=O)CCNC(CC)c1ccccc1O. The first-order valence-electron chi connectivity index (χ1n) is 6.97. The van der Waals surface area contributed by atoms with Crippen molar-refractivity contribution < 1.29 is 9.90 Å². The van der Waals surface area contributed by atoms with Gasteiger partial charge in [0.15, 0.2) is 0 Å². The van der Waals surface area contributed by atoms with Gasteiger partial charge >= 0.3 is 0 Å². The number of phenols is 1. The largest absolute Gasteiger partial charge is 0.508 e. The van der Waals surface area contributed by atoms with E-state index < -0.39 is 0 Å². The molecule has 0 saturated carbocycles. The zero-order valence-electron chi connectivity index (χ0n) is 11.8. The topological polar surface area (TPSA) is 61.4 Å². The number of para-hydroxylation sites is 1. The van der Waals surface area contributed by atoms with Crippen LogP contribution in [0.4, 0.5) is 0 Å². The normalized spacial score (nSPS) is 12.1. The number of hydrogen-bond donors (Lipinski definition) is 3. The lowest BCUT2D eigenvalue weighted by Crippen LogP contribution is -2.29. The van der Waals surface area contributed by atoms with Crippen LogP contribution in [0.25, 0.3) is 0 Å². The quantitative estimate of drug-likeness (QED) is 0.675. The van der Waals surface area contributed by atoms with Gasteiger partial charge in [-0.05, 0) is 18.9 Å². The number of benzene rings is 1. The smallest absolute Gasteiger partial charge is 0.221 e. The highest BCUT2D eigenvalue weighted by molar-refractivity contribution is 5.75. The molecule has 0 aliphatic rings. The molecule has 1 atom stereocenters. The third-order valence-corrected chi connectivity index (χ3v) is 3.04. The Labute approximate surface area is 115 Å². The molecular formula is C15H24N2O2. The second-order valence-electron chi connectivity index (χ2n) is 4.57. The van der Waals surface area contributed by atoms with Crippen LogP contribution >= 0.6 is 0 Å². The fourth-order valence-corrected chi connectivity index (χ4v) is 1.97. The molecule has 0 fully saturated rings. The van der Waals surface area contributed by atoms with Crippen molar-refractivity contribution in [3.63, 3.8) is 0 Å². The molecular weight excluding hydrogens is 240 g/mol. The molecule has 1 amide bonds. The van der Waals surface area contributed by atoms with Gasteiger partial charge < -0.3 is 15.7 Å². The Kier molecular flexibility index (Phi) is 6.97. The van der Waals surface area contributed by atoms with Gasteiger partial charge in [0, 0.05) is 31.1 Å². The van der Waals surface area contributed by atoms with Crippen LogP contribution in [0.1, 0.15) is 44.7 Å². The maximum Gasteiger partial charge on any atom is 0.221 e. The molecule has 1 aromatic carbocycles. The van der Waals surface area contributed by atoms with Gasteiger partial charge in [-0.3, -0.25) is 4.79 Å². The van der Waals surface area contributed by atoms with Crippen molar-refractivity contribution in [1.82, 2.24) is 10.6 Å². The lowest BCUT2D eigenvalue weighted by Gasteiger charge is -2.18. The molecule has 1 aromatic rings. The summed E-state index contributed by atoms with van der Waals surface area (Å²) in [4.78, 5) is 11.5. The monoisotopic (exact) mass is 264 g/mol. The first-order valence-corrected chi connectivity index (χ1v) is 6.97. The summed E-state index contributed by atoms with van der Waals surface area (Å²) in [6.07, 6.45) is 2.28. The fourth-order valence-electron chi connectivity index (χ4n) is 1.97. The summed E-state index contributed by atoms with van der Waals surface area (Å²) < 4.78 is 0. The van der Waals surface area contributed by atoms with E-state index in [0.29, 0.717) is 18.7 Å². The summed E-state index contributed by atoms with van der Waals surface area (Å²) in [5.41, 5.74) is 0.888. The molecule has 106 valence electrons. The number of rotatable bonds is 8. The summed E-state index contributed by atoms with van der Waals surface area (Å²) in [7, 11) is 0. The molecule has 19 heavy (non-hydrogen) atoms. The lowest BCUT2D eigenvalue weighted by atomic mass is 10.0. The number of nitrogens with one attached hydrogen (secondary N) is 2. The number of hydrogen-bond acceptors (Lipinski definition) is 3. The third kappa shape index (κ3) is 5.30. The van der Waals surface area contributed by atoms with E-state index in [9.17, 15) is 9.90 Å². The highest BCUT2D eigenvalue weighted by Gasteiger charge is 2.12. The molecule has 0 aliphatic heterocycles. The summed E-state index contributed by atoms with van der Waals surface area (Å²) in [6, 6.07) is 7.40. The zero-order valence-corrected chi connectivity index (χ0v) is 11.8. The van der Waals surface area contributed by atoms with E-state index >= 15 is 0 Å². The lowest BCUT2D eigenvalue weighted by molar-refractivity contribution is -0.121. The Hall–Kier alpha value is -1.55. The van der Waals surface area contributed by atoms with Crippen molar-refractivity contribution in [3.8, 4) is 5.75 Å². The maximum atomic E-state index is 11.5. The summed E-state index contributed by atoms with van der Waals surface area (Å²) in [6.45, 7) is 5.43. The van der Waals surface area contributed by atoms with Gasteiger partial charge in [0.2, 0.25) is 5.91 Å². The molecule has 0 radical (unpaired) electrons. The second-order valence-corrected chi connectivity index (χ2v) is 4.57. The Morgan fingerprint density at radius 3 is 2.63 bits per heavy atom. The molecule has 0 heterocycles. The third-order valence-electron chi connectivity index (χ3n) is 3.04. The number of amides is 1. The minimum Gasteiger partial charge on any atom is -0.508 e. The van der Waals surface area contributed by atoms with Crippen molar-refractivity contribution >= 4 is 5.91 Å². The van der Waals surface area contributed by atoms with Crippen LogP contribution in [0.15, 0.2) is 24.3 Å². The van der Waals surface area contributed by atoms with Crippen LogP contribution in [-0.2, 0) is 4.79 Å². The Morgan fingerprint density at radius 2 is 2.00 bits per heavy atom. The van der Waals surface area contributed by atoms with Crippen molar-refractivity contribution in [2.45, 2.75) is 39.2 Å². The minimum atomic E-state index is 0.0708. The van der Waals surface area contributed by atoms with Crippen molar-refractivity contribution in [1.29, 1.82) is 0 Å². The Bertz CT molecular complexity index is 393. The molecule has 0 spiro atoms. The minimum absolute atomic E-state index is 0.0708. The van der Waals surface area contributed by atoms with Crippen LogP contribution < -0.4 is 10.6 Å². The van der Waals surface area contributed by atoms with Crippen molar-refractivity contribution in [2.24, 2.45) is 0 Å². The first-order chi connectivity index (χ1) is 9.19. The van der Waals surface area contributed by atoms with E-state index in [-0.39, 0.29) is 11.9 Å². The molecule has 4 heteroatoms.